The van der Waals surface area contributed by atoms with E-state index in [1.54, 1.807) is 12.1 Å². The second kappa shape index (κ2) is 8.73. The molecule has 0 atom stereocenters. The molecule has 0 bridgehead atoms. The molecule has 2 amide bonds. The summed E-state index contributed by atoms with van der Waals surface area (Å²) in [4.78, 5) is 22.7. The predicted molar refractivity (Wildman–Crippen MR) is 96.5 cm³/mol. The molecule has 0 heterocycles. The number of carboxylic acid groups (broad SMARTS) is 1. The molecule has 25 heavy (non-hydrogen) atoms. The van der Waals surface area contributed by atoms with Crippen LogP contribution in [0.15, 0.2) is 42.5 Å². The second-order valence-electron chi connectivity index (χ2n) is 5.69. The number of aromatic carboxylic acids is 1. The highest BCUT2D eigenvalue weighted by atomic mass is 16.5. The van der Waals surface area contributed by atoms with Crippen LogP contribution in [-0.2, 0) is 0 Å². The van der Waals surface area contributed by atoms with Crippen LogP contribution in [0.3, 0.4) is 0 Å². The van der Waals surface area contributed by atoms with Crippen molar-refractivity contribution in [3.05, 3.63) is 59.2 Å². The van der Waals surface area contributed by atoms with Crippen molar-refractivity contribution in [3.63, 3.8) is 0 Å². The van der Waals surface area contributed by atoms with Crippen LogP contribution in [0.25, 0.3) is 0 Å². The summed E-state index contributed by atoms with van der Waals surface area (Å²) < 4.78 is 5.77. The van der Waals surface area contributed by atoms with Crippen LogP contribution in [0.4, 0.5) is 10.5 Å². The Morgan fingerprint density at radius 3 is 2.44 bits per heavy atom. The van der Waals surface area contributed by atoms with Gasteiger partial charge in [-0.3, -0.25) is 0 Å². The molecule has 0 radical (unpaired) electrons. The summed E-state index contributed by atoms with van der Waals surface area (Å²) in [6, 6.07) is 11.7. The molecule has 0 fully saturated rings. The van der Waals surface area contributed by atoms with Gasteiger partial charge in [0.15, 0.2) is 0 Å². The summed E-state index contributed by atoms with van der Waals surface area (Å²) in [5.41, 5.74) is 2.73. The summed E-state index contributed by atoms with van der Waals surface area (Å²) in [6.07, 6.45) is 0.663. The zero-order valence-electron chi connectivity index (χ0n) is 14.3. The molecule has 0 spiro atoms. The number of carbonyl (C=O) groups is 2. The van der Waals surface area contributed by atoms with Crippen molar-refractivity contribution in [2.45, 2.75) is 20.3 Å². The van der Waals surface area contributed by atoms with Crippen LogP contribution in [0, 0.1) is 13.8 Å². The van der Waals surface area contributed by atoms with Gasteiger partial charge in [0.25, 0.3) is 0 Å². The maximum atomic E-state index is 11.8. The van der Waals surface area contributed by atoms with Gasteiger partial charge >= 0.3 is 12.0 Å². The van der Waals surface area contributed by atoms with Gasteiger partial charge < -0.3 is 20.5 Å². The topological polar surface area (TPSA) is 87.7 Å². The Hall–Kier alpha value is -3.02. The number of aryl methyl sites for hydroxylation is 2. The van der Waals surface area contributed by atoms with E-state index >= 15 is 0 Å². The fraction of sp³-hybridized carbons (Fsp3) is 0.263. The number of hydrogen-bond donors (Lipinski definition) is 3. The van der Waals surface area contributed by atoms with E-state index < -0.39 is 5.97 Å². The first-order chi connectivity index (χ1) is 12.0. The van der Waals surface area contributed by atoms with Gasteiger partial charge in [0, 0.05) is 12.2 Å². The van der Waals surface area contributed by atoms with Gasteiger partial charge in [-0.1, -0.05) is 24.3 Å². The number of carbonyl (C=O) groups excluding carboxylic acids is 1. The number of carboxylic acids is 1. The lowest BCUT2D eigenvalue weighted by Gasteiger charge is -2.12. The number of anilines is 1. The van der Waals surface area contributed by atoms with Crippen LogP contribution < -0.4 is 15.4 Å². The first-order valence-corrected chi connectivity index (χ1v) is 8.04. The van der Waals surface area contributed by atoms with Gasteiger partial charge in [-0.25, -0.2) is 9.59 Å². The third-order valence-electron chi connectivity index (χ3n) is 3.63. The Morgan fingerprint density at radius 2 is 1.76 bits per heavy atom. The molecule has 0 unspecified atom stereocenters. The molecular formula is C19H22N2O4. The average Bonchev–Trinajstić information content (AvgIpc) is 2.57. The summed E-state index contributed by atoms with van der Waals surface area (Å²) in [7, 11) is 0. The number of nitrogens with one attached hydrogen (secondary N) is 2. The Kier molecular flexibility index (Phi) is 6.39. The van der Waals surface area contributed by atoms with Crippen molar-refractivity contribution in [2.24, 2.45) is 0 Å². The lowest BCUT2D eigenvalue weighted by atomic mass is 10.1. The van der Waals surface area contributed by atoms with Gasteiger partial charge in [0.05, 0.1) is 12.2 Å². The summed E-state index contributed by atoms with van der Waals surface area (Å²) in [6.45, 7) is 4.95. The van der Waals surface area contributed by atoms with E-state index in [9.17, 15) is 9.59 Å². The van der Waals surface area contributed by atoms with Crippen LogP contribution in [0.1, 0.15) is 27.9 Å². The molecule has 2 aromatic rings. The number of hydrogen-bond acceptors (Lipinski definition) is 3. The van der Waals surface area contributed by atoms with Crippen molar-refractivity contribution in [2.75, 3.05) is 18.5 Å². The van der Waals surface area contributed by atoms with Gasteiger partial charge in [0.2, 0.25) is 0 Å². The molecule has 2 aromatic carbocycles. The van der Waals surface area contributed by atoms with E-state index in [1.807, 2.05) is 32.0 Å². The molecular weight excluding hydrogens is 320 g/mol. The van der Waals surface area contributed by atoms with Gasteiger partial charge in [-0.15, -0.1) is 0 Å². The molecule has 0 aromatic heterocycles. The third-order valence-corrected chi connectivity index (χ3v) is 3.63. The minimum Gasteiger partial charge on any atom is -0.493 e. The Morgan fingerprint density at radius 1 is 1.08 bits per heavy atom. The molecule has 0 aliphatic carbocycles. The lowest BCUT2D eigenvalue weighted by Crippen LogP contribution is -2.30. The molecule has 3 N–H and O–H groups in total. The maximum absolute atomic E-state index is 11.8. The number of ether oxygens (including phenoxy) is 1. The normalized spacial score (nSPS) is 10.2. The molecule has 132 valence electrons. The maximum Gasteiger partial charge on any atom is 0.335 e. The van der Waals surface area contributed by atoms with E-state index in [4.69, 9.17) is 9.84 Å². The molecule has 2 rings (SSSR count). The average molecular weight is 342 g/mol. The van der Waals surface area contributed by atoms with Crippen molar-refractivity contribution in [1.29, 1.82) is 0 Å². The molecule has 0 saturated carbocycles. The van der Waals surface area contributed by atoms with Gasteiger partial charge in [-0.05, 0) is 49.6 Å². The lowest BCUT2D eigenvalue weighted by molar-refractivity contribution is 0.0697. The first kappa shape index (κ1) is 18.3. The number of para-hydroxylation sites is 1. The quantitative estimate of drug-likeness (QED) is 0.671. The fourth-order valence-electron chi connectivity index (χ4n) is 2.38. The zero-order chi connectivity index (χ0) is 18.2. The Balaban J connectivity index is 1.72. The highest BCUT2D eigenvalue weighted by Crippen LogP contribution is 2.22. The summed E-state index contributed by atoms with van der Waals surface area (Å²) in [5, 5.41) is 14.3. The van der Waals surface area contributed by atoms with Crippen LogP contribution in [0.2, 0.25) is 0 Å². The minimum absolute atomic E-state index is 0.125. The Labute approximate surface area is 146 Å². The predicted octanol–water partition coefficient (Wildman–Crippen LogP) is 3.59. The fourth-order valence-corrected chi connectivity index (χ4v) is 2.38. The van der Waals surface area contributed by atoms with Crippen molar-refractivity contribution in [3.8, 4) is 5.75 Å². The smallest absolute Gasteiger partial charge is 0.335 e. The molecule has 0 saturated heterocycles. The summed E-state index contributed by atoms with van der Waals surface area (Å²) >= 11 is 0. The minimum atomic E-state index is -1.03. The van der Waals surface area contributed by atoms with E-state index in [2.05, 4.69) is 10.6 Å². The molecule has 6 nitrogen and oxygen atoms in total. The van der Waals surface area contributed by atoms with E-state index in [0.29, 0.717) is 25.3 Å². The van der Waals surface area contributed by atoms with Gasteiger partial charge in [-0.2, -0.15) is 0 Å². The Bertz CT molecular complexity index is 739. The van der Waals surface area contributed by atoms with Crippen LogP contribution in [0.5, 0.6) is 5.75 Å². The highest BCUT2D eigenvalue weighted by Gasteiger charge is 2.06. The first-order valence-electron chi connectivity index (χ1n) is 8.04. The van der Waals surface area contributed by atoms with E-state index in [1.165, 1.54) is 12.1 Å². The molecule has 0 aliphatic rings. The standard InChI is InChI=1S/C19H22N2O4/c1-13-6-3-7-14(2)17(13)25-11-5-10-20-19(24)21-16-9-4-8-15(12-16)18(22)23/h3-4,6-9,12H,5,10-11H2,1-2H3,(H,22,23)(H2,20,21,24). The number of rotatable bonds is 7. The summed E-state index contributed by atoms with van der Waals surface area (Å²) in [5.74, 6) is -0.148. The zero-order valence-corrected chi connectivity index (χ0v) is 14.3. The number of amides is 2. The van der Waals surface area contributed by atoms with E-state index in [-0.39, 0.29) is 11.6 Å². The monoisotopic (exact) mass is 342 g/mol. The number of urea groups is 1. The van der Waals surface area contributed by atoms with E-state index in [0.717, 1.165) is 16.9 Å². The van der Waals surface area contributed by atoms with Crippen molar-refractivity contribution >= 4 is 17.7 Å². The molecule has 6 heteroatoms. The second-order valence-corrected chi connectivity index (χ2v) is 5.69. The van der Waals surface area contributed by atoms with Crippen LogP contribution in [-0.4, -0.2) is 30.3 Å². The highest BCUT2D eigenvalue weighted by molar-refractivity contribution is 5.93. The van der Waals surface area contributed by atoms with Gasteiger partial charge in [0.1, 0.15) is 5.75 Å². The van der Waals surface area contributed by atoms with Crippen molar-refractivity contribution in [1.82, 2.24) is 5.32 Å². The largest absolute Gasteiger partial charge is 0.493 e. The third kappa shape index (κ3) is 5.53. The van der Waals surface area contributed by atoms with Crippen LogP contribution >= 0.6 is 0 Å². The molecule has 0 aliphatic heterocycles. The van der Waals surface area contributed by atoms with Crippen molar-refractivity contribution < 1.29 is 19.4 Å². The SMILES string of the molecule is Cc1cccc(C)c1OCCCNC(=O)Nc1cccc(C(=O)O)c1. The number of benzene rings is 2.